The first-order valence-corrected chi connectivity index (χ1v) is 13.4. The monoisotopic (exact) mass is 408 g/mol. The number of hydrogen-bond donors (Lipinski definition) is 0. The first kappa shape index (κ1) is 26.9. The minimum absolute atomic E-state index is 0.0755. The lowest BCUT2D eigenvalue weighted by Crippen LogP contribution is -2.44. The van der Waals surface area contributed by atoms with Crippen LogP contribution in [0.1, 0.15) is 81.1 Å². The molecule has 0 heterocycles. The highest BCUT2D eigenvalue weighted by atomic mass is 28.4. The summed E-state index contributed by atoms with van der Waals surface area (Å²) in [5.41, 5.74) is 3.53. The number of rotatable bonds is 11. The van der Waals surface area contributed by atoms with Crippen molar-refractivity contribution in [3.8, 4) is 0 Å². The number of ether oxygens (including phenoxy) is 1. The summed E-state index contributed by atoms with van der Waals surface area (Å²) in [5, 5.41) is 0.201. The van der Waals surface area contributed by atoms with Crippen LogP contribution in [0.4, 0.5) is 0 Å². The second-order valence-corrected chi connectivity index (χ2v) is 14.6. The first-order chi connectivity index (χ1) is 12.7. The topological polar surface area (TPSA) is 35.5 Å². The maximum atomic E-state index is 11.7. The third kappa shape index (κ3) is 11.0. The van der Waals surface area contributed by atoms with Crippen molar-refractivity contribution in [2.75, 3.05) is 0 Å². The summed E-state index contributed by atoms with van der Waals surface area (Å²) in [6.45, 7) is 25.5. The van der Waals surface area contributed by atoms with Crippen molar-refractivity contribution in [2.24, 2.45) is 0 Å². The molecule has 0 aliphatic heterocycles. The zero-order valence-corrected chi connectivity index (χ0v) is 21.1. The molecular formula is C24H44O3Si. The van der Waals surface area contributed by atoms with Gasteiger partial charge in [0.25, 0.3) is 0 Å². The molecule has 0 saturated carbocycles. The molecule has 0 amide bonds. The van der Waals surface area contributed by atoms with Crippen molar-refractivity contribution in [2.45, 2.75) is 111 Å². The van der Waals surface area contributed by atoms with Crippen molar-refractivity contribution in [1.82, 2.24) is 0 Å². The Labute approximate surface area is 175 Å². The molecule has 0 aliphatic carbocycles. The highest BCUT2D eigenvalue weighted by Gasteiger charge is 2.39. The average Bonchev–Trinajstić information content (AvgIpc) is 2.48. The van der Waals surface area contributed by atoms with E-state index in [0.29, 0.717) is 0 Å². The first-order valence-electron chi connectivity index (χ1n) is 10.5. The van der Waals surface area contributed by atoms with Crippen LogP contribution in [-0.4, -0.2) is 26.5 Å². The number of esters is 1. The summed E-state index contributed by atoms with van der Waals surface area (Å²) in [5.74, 6) is -0.250. The quantitative estimate of drug-likeness (QED) is 0.155. The van der Waals surface area contributed by atoms with Gasteiger partial charge in [-0.1, -0.05) is 50.1 Å². The summed E-state index contributed by atoms with van der Waals surface area (Å²) < 4.78 is 11.7. The zero-order valence-electron chi connectivity index (χ0n) is 20.1. The largest absolute Gasteiger partial charge is 0.460 e. The predicted octanol–water partition coefficient (Wildman–Crippen LogP) is 7.36. The lowest BCUT2D eigenvalue weighted by molar-refractivity contribution is -0.141. The SMILES string of the molecule is C=C(C)C(CC/C(C)=C/CCC(C)=CC(=O)OC(C)C)O[Si](C)(C)C(C)(C)C. The van der Waals surface area contributed by atoms with Gasteiger partial charge in [0.05, 0.1) is 12.2 Å². The van der Waals surface area contributed by atoms with Gasteiger partial charge in [-0.3, -0.25) is 0 Å². The molecule has 0 aromatic carbocycles. The van der Waals surface area contributed by atoms with E-state index in [1.807, 2.05) is 20.8 Å². The number of carbonyl (C=O) groups is 1. The predicted molar refractivity (Wildman–Crippen MR) is 124 cm³/mol. The molecule has 0 aromatic heterocycles. The Morgan fingerprint density at radius 1 is 1.07 bits per heavy atom. The van der Waals surface area contributed by atoms with Crippen molar-refractivity contribution < 1.29 is 14.0 Å². The molecule has 0 spiro atoms. The van der Waals surface area contributed by atoms with E-state index in [1.54, 1.807) is 6.08 Å². The van der Waals surface area contributed by atoms with Gasteiger partial charge in [-0.05, 0) is 78.4 Å². The normalized spacial score (nSPS) is 15.0. The lowest BCUT2D eigenvalue weighted by atomic mass is 10.0. The highest BCUT2D eigenvalue weighted by molar-refractivity contribution is 6.74. The Bertz CT molecular complexity index is 577. The summed E-state index contributed by atoms with van der Waals surface area (Å²) >= 11 is 0. The molecule has 4 heteroatoms. The van der Waals surface area contributed by atoms with Crippen LogP contribution in [0.5, 0.6) is 0 Å². The zero-order chi connectivity index (χ0) is 22.1. The third-order valence-corrected chi connectivity index (χ3v) is 9.83. The second kappa shape index (κ2) is 11.8. The second-order valence-electron chi connectivity index (χ2n) is 9.82. The Hall–Kier alpha value is -1.13. The molecule has 162 valence electrons. The molecule has 0 rings (SSSR count). The van der Waals surface area contributed by atoms with Gasteiger partial charge in [-0.25, -0.2) is 4.79 Å². The minimum atomic E-state index is -1.80. The molecule has 0 saturated heterocycles. The Morgan fingerprint density at radius 3 is 2.11 bits per heavy atom. The van der Waals surface area contributed by atoms with Crippen LogP contribution in [0, 0.1) is 0 Å². The van der Waals surface area contributed by atoms with Gasteiger partial charge >= 0.3 is 5.97 Å². The van der Waals surface area contributed by atoms with Gasteiger partial charge in [0.2, 0.25) is 0 Å². The summed E-state index contributed by atoms with van der Waals surface area (Å²) in [7, 11) is -1.80. The Kier molecular flexibility index (Phi) is 11.3. The van der Waals surface area contributed by atoms with Crippen LogP contribution in [-0.2, 0) is 14.0 Å². The van der Waals surface area contributed by atoms with E-state index in [0.717, 1.165) is 36.8 Å². The van der Waals surface area contributed by atoms with E-state index < -0.39 is 8.32 Å². The number of hydrogen-bond acceptors (Lipinski definition) is 3. The third-order valence-electron chi connectivity index (χ3n) is 5.34. The van der Waals surface area contributed by atoms with Crippen molar-refractivity contribution in [1.29, 1.82) is 0 Å². The van der Waals surface area contributed by atoms with E-state index in [2.05, 4.69) is 60.4 Å². The molecule has 1 unspecified atom stereocenters. The molecule has 0 bridgehead atoms. The maximum absolute atomic E-state index is 11.7. The maximum Gasteiger partial charge on any atom is 0.330 e. The fourth-order valence-electron chi connectivity index (χ4n) is 2.49. The van der Waals surface area contributed by atoms with Crippen molar-refractivity contribution in [3.63, 3.8) is 0 Å². The number of allylic oxidation sites excluding steroid dienone is 3. The molecule has 0 aromatic rings. The van der Waals surface area contributed by atoms with Crippen LogP contribution in [0.3, 0.4) is 0 Å². The molecular weight excluding hydrogens is 364 g/mol. The van der Waals surface area contributed by atoms with Crippen LogP contribution >= 0.6 is 0 Å². The van der Waals surface area contributed by atoms with Crippen molar-refractivity contribution in [3.05, 3.63) is 35.5 Å². The summed E-state index contributed by atoms with van der Waals surface area (Å²) in [6.07, 6.45) is 7.70. The van der Waals surface area contributed by atoms with Gasteiger partial charge in [0.1, 0.15) is 0 Å². The van der Waals surface area contributed by atoms with E-state index in [4.69, 9.17) is 9.16 Å². The molecule has 28 heavy (non-hydrogen) atoms. The number of carbonyl (C=O) groups excluding carboxylic acids is 1. The van der Waals surface area contributed by atoms with Crippen molar-refractivity contribution >= 4 is 14.3 Å². The van der Waals surface area contributed by atoms with Crippen LogP contribution in [0.25, 0.3) is 0 Å². The fraction of sp³-hybridized carbons (Fsp3) is 0.708. The van der Waals surface area contributed by atoms with Crippen LogP contribution in [0.15, 0.2) is 35.5 Å². The van der Waals surface area contributed by atoms with E-state index in [-0.39, 0.29) is 23.2 Å². The molecule has 1 atom stereocenters. The summed E-state index contributed by atoms with van der Waals surface area (Å²) in [6, 6.07) is 0. The Morgan fingerprint density at radius 2 is 1.64 bits per heavy atom. The summed E-state index contributed by atoms with van der Waals surface area (Å²) in [4.78, 5) is 11.7. The smallest absolute Gasteiger partial charge is 0.330 e. The van der Waals surface area contributed by atoms with Gasteiger partial charge in [-0.2, -0.15) is 0 Å². The molecule has 0 aliphatic rings. The van der Waals surface area contributed by atoms with E-state index >= 15 is 0 Å². The molecule has 0 fully saturated rings. The average molecular weight is 409 g/mol. The van der Waals surface area contributed by atoms with Crippen LogP contribution in [0.2, 0.25) is 18.1 Å². The highest BCUT2D eigenvalue weighted by Crippen LogP contribution is 2.38. The molecule has 0 radical (unpaired) electrons. The van der Waals surface area contributed by atoms with E-state index in [9.17, 15) is 4.79 Å². The minimum Gasteiger partial charge on any atom is -0.460 e. The molecule has 3 nitrogen and oxygen atoms in total. The van der Waals surface area contributed by atoms with Gasteiger partial charge in [-0.15, -0.1) is 0 Å². The molecule has 0 N–H and O–H groups in total. The lowest BCUT2D eigenvalue weighted by Gasteiger charge is -2.39. The standard InChI is InChI=1S/C24H44O3Si/c1-18(2)22(27-28(10,11)24(7,8)9)16-15-20(5)13-12-14-21(6)17-23(25)26-19(3)4/h13,17,19,22H,1,12,14-16H2,2-11H3/b20-13+,21-17?. The fourth-order valence-corrected chi connectivity index (χ4v) is 3.87. The van der Waals surface area contributed by atoms with Gasteiger partial charge in [0.15, 0.2) is 8.32 Å². The van der Waals surface area contributed by atoms with Crippen LogP contribution < -0.4 is 0 Å². The van der Waals surface area contributed by atoms with Gasteiger partial charge in [0, 0.05) is 6.08 Å². The van der Waals surface area contributed by atoms with Gasteiger partial charge < -0.3 is 9.16 Å². The Balaban J connectivity index is 4.63. The van der Waals surface area contributed by atoms with E-state index in [1.165, 1.54) is 5.57 Å².